The van der Waals surface area contributed by atoms with E-state index in [1.54, 1.807) is 48.6 Å². The molecule has 1 N–H and O–H groups in total. The van der Waals surface area contributed by atoms with Crippen LogP contribution in [0.4, 0.5) is 5.69 Å². The fourth-order valence-corrected chi connectivity index (χ4v) is 3.17. The van der Waals surface area contributed by atoms with Gasteiger partial charge in [0, 0.05) is 21.0 Å². The molecule has 0 aliphatic rings. The van der Waals surface area contributed by atoms with Gasteiger partial charge in [-0.3, -0.25) is 9.52 Å². The number of aryl methyl sites for hydroxylation is 1. The van der Waals surface area contributed by atoms with Crippen LogP contribution in [0.5, 0.6) is 0 Å². The number of rotatable bonds is 6. The second-order valence-electron chi connectivity index (χ2n) is 4.73. The number of thiophene rings is 1. The molecule has 0 aliphatic carbocycles. The average Bonchev–Trinajstić information content (AvgIpc) is 2.91. The van der Waals surface area contributed by atoms with Crippen molar-refractivity contribution in [3.8, 4) is 0 Å². The molecule has 0 saturated heterocycles. The maximum absolute atomic E-state index is 12.1. The number of carbonyl (C=O) groups excluding carboxylic acids is 1. The summed E-state index contributed by atoms with van der Waals surface area (Å²) in [6, 6.07) is 10.4. The van der Waals surface area contributed by atoms with Gasteiger partial charge in [0.05, 0.1) is 5.75 Å². The van der Waals surface area contributed by atoms with E-state index in [4.69, 9.17) is 0 Å². The van der Waals surface area contributed by atoms with Crippen molar-refractivity contribution in [1.82, 2.24) is 0 Å². The smallest absolute Gasteiger partial charge is 0.232 e. The summed E-state index contributed by atoms with van der Waals surface area (Å²) in [5, 5.41) is 0. The van der Waals surface area contributed by atoms with Crippen LogP contribution in [0.15, 0.2) is 42.5 Å². The molecule has 1 aromatic heterocycles. The van der Waals surface area contributed by atoms with Crippen molar-refractivity contribution < 1.29 is 13.2 Å². The molecule has 6 heteroatoms. The highest BCUT2D eigenvalue weighted by Crippen LogP contribution is 2.17. The van der Waals surface area contributed by atoms with E-state index >= 15 is 0 Å². The first kappa shape index (κ1) is 16.5. The summed E-state index contributed by atoms with van der Waals surface area (Å²) in [5.74, 6) is -0.104. The van der Waals surface area contributed by atoms with Crippen molar-refractivity contribution in [3.63, 3.8) is 0 Å². The van der Waals surface area contributed by atoms with Crippen LogP contribution in [0.2, 0.25) is 0 Å². The lowest BCUT2D eigenvalue weighted by molar-refractivity contribution is 0.104. The molecule has 2 rings (SSSR count). The second kappa shape index (κ2) is 6.89. The second-order valence-corrected chi connectivity index (χ2v) is 8.06. The maximum Gasteiger partial charge on any atom is 0.232 e. The van der Waals surface area contributed by atoms with Crippen LogP contribution in [0.1, 0.15) is 27.0 Å². The lowest BCUT2D eigenvalue weighted by Crippen LogP contribution is -2.14. The van der Waals surface area contributed by atoms with E-state index in [-0.39, 0.29) is 11.5 Å². The zero-order chi connectivity index (χ0) is 16.2. The lowest BCUT2D eigenvalue weighted by Gasteiger charge is -2.05. The molecule has 0 fully saturated rings. The molecule has 1 aromatic carbocycles. The quantitative estimate of drug-likeness (QED) is 0.646. The van der Waals surface area contributed by atoms with E-state index in [1.165, 1.54) is 11.0 Å². The Hall–Kier alpha value is -1.92. The van der Waals surface area contributed by atoms with Gasteiger partial charge in [-0.15, -0.1) is 11.3 Å². The number of hydrogen-bond acceptors (Lipinski definition) is 4. The van der Waals surface area contributed by atoms with Gasteiger partial charge in [-0.2, -0.15) is 0 Å². The molecule has 0 spiro atoms. The van der Waals surface area contributed by atoms with E-state index in [9.17, 15) is 13.2 Å². The molecule has 0 aliphatic heterocycles. The molecule has 0 bridgehead atoms. The summed E-state index contributed by atoms with van der Waals surface area (Å²) in [6.45, 7) is 3.58. The van der Waals surface area contributed by atoms with E-state index in [1.807, 2.05) is 19.1 Å². The lowest BCUT2D eigenvalue weighted by atomic mass is 10.1. The van der Waals surface area contributed by atoms with Crippen molar-refractivity contribution in [1.29, 1.82) is 0 Å². The Balaban J connectivity index is 2.06. The average molecular weight is 335 g/mol. The first-order valence-electron chi connectivity index (χ1n) is 6.79. The van der Waals surface area contributed by atoms with Gasteiger partial charge < -0.3 is 0 Å². The number of hydrogen-bond donors (Lipinski definition) is 1. The highest BCUT2D eigenvalue weighted by molar-refractivity contribution is 7.92. The van der Waals surface area contributed by atoms with E-state index < -0.39 is 10.0 Å². The zero-order valence-corrected chi connectivity index (χ0v) is 14.0. The van der Waals surface area contributed by atoms with Crippen molar-refractivity contribution in [2.45, 2.75) is 13.8 Å². The maximum atomic E-state index is 12.1. The van der Waals surface area contributed by atoms with Crippen LogP contribution in [0.3, 0.4) is 0 Å². The highest BCUT2D eigenvalue weighted by atomic mass is 32.2. The van der Waals surface area contributed by atoms with E-state index in [2.05, 4.69) is 4.72 Å². The molecule has 0 atom stereocenters. The summed E-state index contributed by atoms with van der Waals surface area (Å²) < 4.78 is 25.4. The Morgan fingerprint density at radius 2 is 1.86 bits per heavy atom. The normalized spacial score (nSPS) is 11.7. The number of allylic oxidation sites excluding steroid dienone is 1. The number of carbonyl (C=O) groups is 1. The standard InChI is InChI=1S/C16H17NO3S2/c1-3-22(19,20)17-14-7-5-13(6-8-14)16(18)11-10-15-9-4-12(2)21-15/h4-11,17H,3H2,1-2H3/b11-10+. The van der Waals surface area contributed by atoms with Gasteiger partial charge in [0.2, 0.25) is 10.0 Å². The third-order valence-electron chi connectivity index (χ3n) is 2.98. The minimum Gasteiger partial charge on any atom is -0.289 e. The fraction of sp³-hybridized carbons (Fsp3) is 0.188. The fourth-order valence-electron chi connectivity index (χ4n) is 1.75. The van der Waals surface area contributed by atoms with Gasteiger partial charge in [0.1, 0.15) is 0 Å². The summed E-state index contributed by atoms with van der Waals surface area (Å²) in [5.41, 5.74) is 0.972. The molecule has 0 unspecified atom stereocenters. The highest BCUT2D eigenvalue weighted by Gasteiger charge is 2.07. The summed E-state index contributed by atoms with van der Waals surface area (Å²) >= 11 is 1.62. The van der Waals surface area contributed by atoms with Crippen molar-refractivity contribution in [2.24, 2.45) is 0 Å². The van der Waals surface area contributed by atoms with Crippen molar-refractivity contribution in [3.05, 3.63) is 57.8 Å². The van der Waals surface area contributed by atoms with Crippen molar-refractivity contribution in [2.75, 3.05) is 10.5 Å². The van der Waals surface area contributed by atoms with Gasteiger partial charge in [0.25, 0.3) is 0 Å². The number of sulfonamides is 1. The largest absolute Gasteiger partial charge is 0.289 e. The first-order chi connectivity index (χ1) is 10.4. The van der Waals surface area contributed by atoms with Crippen molar-refractivity contribution >= 4 is 38.9 Å². The van der Waals surface area contributed by atoms with E-state index in [0.29, 0.717) is 11.3 Å². The third-order valence-corrected chi connectivity index (χ3v) is 5.26. The molecular weight excluding hydrogens is 318 g/mol. The van der Waals surface area contributed by atoms with Crippen LogP contribution in [-0.2, 0) is 10.0 Å². The Morgan fingerprint density at radius 3 is 2.41 bits per heavy atom. The molecule has 0 amide bonds. The van der Waals surface area contributed by atoms with Crippen LogP contribution in [0.25, 0.3) is 6.08 Å². The Bertz CT molecular complexity index is 787. The topological polar surface area (TPSA) is 63.2 Å². The summed E-state index contributed by atoms with van der Waals surface area (Å²) in [6.07, 6.45) is 3.31. The van der Waals surface area contributed by atoms with Gasteiger partial charge in [-0.1, -0.05) is 0 Å². The number of nitrogens with one attached hydrogen (secondary N) is 1. The molecule has 0 radical (unpaired) electrons. The molecular formula is C16H17NO3S2. The first-order valence-corrected chi connectivity index (χ1v) is 9.26. The SMILES string of the molecule is CCS(=O)(=O)Nc1ccc(C(=O)/C=C/c2ccc(C)s2)cc1. The third kappa shape index (κ3) is 4.54. The minimum atomic E-state index is -3.30. The molecule has 116 valence electrons. The monoisotopic (exact) mass is 335 g/mol. The molecule has 1 heterocycles. The number of benzene rings is 1. The van der Waals surface area contributed by atoms with Gasteiger partial charge in [-0.05, 0) is 62.4 Å². The Labute approximate surface area is 134 Å². The van der Waals surface area contributed by atoms with Crippen LogP contribution in [-0.4, -0.2) is 20.0 Å². The summed E-state index contributed by atoms with van der Waals surface area (Å²) in [7, 11) is -3.30. The summed E-state index contributed by atoms with van der Waals surface area (Å²) in [4.78, 5) is 14.3. The Morgan fingerprint density at radius 1 is 1.18 bits per heavy atom. The predicted octanol–water partition coefficient (Wildman–Crippen LogP) is 3.71. The van der Waals surface area contributed by atoms with Gasteiger partial charge in [0.15, 0.2) is 5.78 Å². The molecule has 4 nitrogen and oxygen atoms in total. The molecule has 2 aromatic rings. The molecule has 22 heavy (non-hydrogen) atoms. The van der Waals surface area contributed by atoms with Gasteiger partial charge >= 0.3 is 0 Å². The Kier molecular flexibility index (Phi) is 5.15. The molecule has 0 saturated carbocycles. The minimum absolute atomic E-state index is 0.0106. The predicted molar refractivity (Wildman–Crippen MR) is 91.9 cm³/mol. The zero-order valence-electron chi connectivity index (χ0n) is 12.4. The van der Waals surface area contributed by atoms with Crippen LogP contribution < -0.4 is 4.72 Å². The number of anilines is 1. The number of ketones is 1. The van der Waals surface area contributed by atoms with E-state index in [0.717, 1.165) is 4.88 Å². The van der Waals surface area contributed by atoms with Crippen LogP contribution in [0, 0.1) is 6.92 Å². The van der Waals surface area contributed by atoms with Gasteiger partial charge in [-0.25, -0.2) is 8.42 Å². The van der Waals surface area contributed by atoms with Crippen LogP contribution >= 0.6 is 11.3 Å².